The smallest absolute Gasteiger partial charge is 0.419 e. The van der Waals surface area contributed by atoms with E-state index in [4.69, 9.17) is 4.74 Å². The van der Waals surface area contributed by atoms with Crippen LogP contribution in [0.3, 0.4) is 0 Å². The lowest BCUT2D eigenvalue weighted by molar-refractivity contribution is -0.384. The number of hydrogen-bond acceptors (Lipinski definition) is 6. The van der Waals surface area contributed by atoms with Crippen molar-refractivity contribution in [3.8, 4) is 11.4 Å². The fourth-order valence-corrected chi connectivity index (χ4v) is 2.67. The van der Waals surface area contributed by atoms with Crippen LogP contribution >= 0.6 is 0 Å². The van der Waals surface area contributed by atoms with Gasteiger partial charge in [-0.1, -0.05) is 24.3 Å². The summed E-state index contributed by atoms with van der Waals surface area (Å²) in [5, 5.41) is 15.1. The number of alkyl halides is 3. The second kappa shape index (κ2) is 7.78. The van der Waals surface area contributed by atoms with Gasteiger partial charge in [-0.15, -0.1) is 0 Å². The molecule has 154 valence electrons. The minimum absolute atomic E-state index is 0.0373. The molecule has 0 saturated carbocycles. The highest BCUT2D eigenvalue weighted by atomic mass is 19.4. The van der Waals surface area contributed by atoms with Gasteiger partial charge < -0.3 is 4.74 Å². The molecule has 1 heterocycles. The topological polar surface area (TPSA) is 104 Å². The van der Waals surface area contributed by atoms with Gasteiger partial charge in [-0.05, 0) is 25.1 Å². The van der Waals surface area contributed by atoms with Gasteiger partial charge in [0.25, 0.3) is 5.69 Å². The van der Waals surface area contributed by atoms with Gasteiger partial charge in [0.15, 0.2) is 0 Å². The van der Waals surface area contributed by atoms with Crippen LogP contribution in [0.4, 0.5) is 18.9 Å². The van der Waals surface area contributed by atoms with Crippen LogP contribution in [0.5, 0.6) is 5.75 Å². The molecule has 11 heteroatoms. The molecular formula is C19H12F3N3O5. The summed E-state index contributed by atoms with van der Waals surface area (Å²) in [6.07, 6.45) is -4.79. The molecular weight excluding hydrogens is 407 g/mol. The average Bonchev–Trinajstić information content (AvgIpc) is 2.67. The Labute approximate surface area is 166 Å². The number of carbonyl (C=O) groups is 1. The highest BCUT2D eigenvalue weighted by molar-refractivity contribution is 5.89. The molecule has 0 radical (unpaired) electrons. The van der Waals surface area contributed by atoms with E-state index in [0.717, 1.165) is 28.9 Å². The number of nitro benzene ring substituents is 1. The van der Waals surface area contributed by atoms with E-state index in [2.05, 4.69) is 5.10 Å². The Balaban J connectivity index is 2.07. The normalized spacial score (nSPS) is 11.2. The highest BCUT2D eigenvalue weighted by Crippen LogP contribution is 2.36. The molecule has 8 nitrogen and oxygen atoms in total. The number of hydrogen-bond donors (Lipinski definition) is 0. The fraction of sp³-hybridized carbons (Fsp3) is 0.105. The van der Waals surface area contributed by atoms with E-state index in [1.54, 1.807) is 0 Å². The molecule has 0 spiro atoms. The van der Waals surface area contributed by atoms with Crippen LogP contribution in [0.2, 0.25) is 0 Å². The summed E-state index contributed by atoms with van der Waals surface area (Å²) in [4.78, 5) is 35.2. The third-order valence-electron chi connectivity index (χ3n) is 4.00. The number of nitrogens with zero attached hydrogens (tertiary/aromatic N) is 3. The molecule has 0 N–H and O–H groups in total. The third-order valence-corrected chi connectivity index (χ3v) is 4.00. The van der Waals surface area contributed by atoms with Crippen molar-refractivity contribution in [3.63, 3.8) is 0 Å². The lowest BCUT2D eigenvalue weighted by Gasteiger charge is -2.13. The number of rotatable bonds is 4. The Hall–Kier alpha value is -4.02. The number of halogens is 3. The predicted octanol–water partition coefficient (Wildman–Crippen LogP) is 3.69. The molecule has 2 aromatic carbocycles. The van der Waals surface area contributed by atoms with Gasteiger partial charge >= 0.3 is 12.1 Å². The number of nitro groups is 1. The molecule has 0 saturated heterocycles. The molecule has 1 aromatic heterocycles. The van der Waals surface area contributed by atoms with Crippen LogP contribution < -0.4 is 10.2 Å². The molecule has 3 rings (SSSR count). The van der Waals surface area contributed by atoms with Crippen molar-refractivity contribution in [3.05, 3.63) is 91.9 Å². The Morgan fingerprint density at radius 2 is 1.77 bits per heavy atom. The minimum atomic E-state index is -4.79. The number of ether oxygens (including phenoxy) is 1. The highest BCUT2D eigenvalue weighted by Gasteiger charge is 2.35. The van der Waals surface area contributed by atoms with E-state index >= 15 is 0 Å². The molecule has 0 fully saturated rings. The van der Waals surface area contributed by atoms with Crippen molar-refractivity contribution < 1.29 is 27.6 Å². The zero-order valence-electron chi connectivity index (χ0n) is 15.2. The Morgan fingerprint density at radius 3 is 2.43 bits per heavy atom. The van der Waals surface area contributed by atoms with E-state index in [-0.39, 0.29) is 17.1 Å². The van der Waals surface area contributed by atoms with Gasteiger partial charge in [0.05, 0.1) is 10.5 Å². The molecule has 0 bridgehead atoms. The SMILES string of the molecule is Cc1cc(=O)c(C(=O)Oc2ccccc2C(F)(F)F)nn1-c1ccccc1[N+](=O)[O-]. The maximum Gasteiger partial charge on any atom is 0.419 e. The predicted molar refractivity (Wildman–Crippen MR) is 97.6 cm³/mol. The summed E-state index contributed by atoms with van der Waals surface area (Å²) >= 11 is 0. The number of aromatic nitrogens is 2. The van der Waals surface area contributed by atoms with Gasteiger partial charge in [0.1, 0.15) is 11.4 Å². The molecule has 3 aromatic rings. The quantitative estimate of drug-likeness (QED) is 0.277. The number of carbonyl (C=O) groups excluding carboxylic acids is 1. The van der Waals surface area contributed by atoms with Crippen LogP contribution in [-0.4, -0.2) is 20.7 Å². The van der Waals surface area contributed by atoms with Crippen LogP contribution in [0.15, 0.2) is 59.4 Å². The number of para-hydroxylation sites is 3. The van der Waals surface area contributed by atoms with Crippen molar-refractivity contribution >= 4 is 11.7 Å². The Bertz CT molecular complexity index is 1200. The van der Waals surface area contributed by atoms with Crippen molar-refractivity contribution in [1.82, 2.24) is 9.78 Å². The van der Waals surface area contributed by atoms with E-state index < -0.39 is 39.5 Å². The maximum absolute atomic E-state index is 13.1. The van der Waals surface area contributed by atoms with Gasteiger partial charge in [-0.2, -0.15) is 18.3 Å². The second-order valence-electron chi connectivity index (χ2n) is 6.04. The first-order valence-corrected chi connectivity index (χ1v) is 8.33. The van der Waals surface area contributed by atoms with Crippen LogP contribution in [-0.2, 0) is 6.18 Å². The molecule has 0 aliphatic heterocycles. The number of esters is 1. The van der Waals surface area contributed by atoms with Gasteiger partial charge in [-0.25, -0.2) is 9.48 Å². The van der Waals surface area contributed by atoms with Crippen LogP contribution in [0.1, 0.15) is 21.7 Å². The first-order chi connectivity index (χ1) is 14.1. The van der Waals surface area contributed by atoms with E-state index in [1.165, 1.54) is 37.3 Å². The standard InChI is InChI=1S/C19H12F3N3O5/c1-11-10-15(26)17(23-24(11)13-7-3-4-8-14(13)25(28)29)18(27)30-16-9-5-2-6-12(16)19(20,21)22/h2-10H,1H3. The molecule has 0 amide bonds. The molecule has 0 aliphatic rings. The van der Waals surface area contributed by atoms with E-state index in [1.807, 2.05) is 0 Å². The summed E-state index contributed by atoms with van der Waals surface area (Å²) in [6.45, 7) is 1.43. The zero-order valence-corrected chi connectivity index (χ0v) is 15.2. The van der Waals surface area contributed by atoms with Gasteiger partial charge in [0, 0.05) is 17.8 Å². The molecule has 0 unspecified atom stereocenters. The monoisotopic (exact) mass is 419 g/mol. The van der Waals surface area contributed by atoms with Gasteiger partial charge in [0.2, 0.25) is 11.1 Å². The fourth-order valence-electron chi connectivity index (χ4n) is 2.67. The Kier molecular flexibility index (Phi) is 5.37. The van der Waals surface area contributed by atoms with Gasteiger partial charge in [-0.3, -0.25) is 14.9 Å². The number of aryl methyl sites for hydroxylation is 1. The maximum atomic E-state index is 13.1. The Morgan fingerprint density at radius 1 is 1.13 bits per heavy atom. The van der Waals surface area contributed by atoms with Crippen LogP contribution in [0.25, 0.3) is 5.69 Å². The molecule has 0 atom stereocenters. The molecule has 30 heavy (non-hydrogen) atoms. The summed E-state index contributed by atoms with van der Waals surface area (Å²) in [5.74, 6) is -2.22. The molecule has 0 aliphatic carbocycles. The third kappa shape index (κ3) is 4.04. The van der Waals surface area contributed by atoms with E-state index in [9.17, 15) is 32.9 Å². The van der Waals surface area contributed by atoms with Crippen molar-refractivity contribution in [2.45, 2.75) is 13.1 Å². The first-order valence-electron chi connectivity index (χ1n) is 8.33. The van der Waals surface area contributed by atoms with Crippen molar-refractivity contribution in [2.24, 2.45) is 0 Å². The minimum Gasteiger partial charge on any atom is -0.421 e. The first kappa shape index (κ1) is 20.7. The second-order valence-corrected chi connectivity index (χ2v) is 6.04. The lowest BCUT2D eigenvalue weighted by Crippen LogP contribution is -2.26. The summed E-state index contributed by atoms with van der Waals surface area (Å²) in [5.41, 5.74) is -3.15. The largest absolute Gasteiger partial charge is 0.421 e. The van der Waals surface area contributed by atoms with Crippen molar-refractivity contribution in [1.29, 1.82) is 0 Å². The average molecular weight is 419 g/mol. The lowest BCUT2D eigenvalue weighted by atomic mass is 10.2. The van der Waals surface area contributed by atoms with Crippen LogP contribution in [0, 0.1) is 17.0 Å². The summed E-state index contributed by atoms with van der Waals surface area (Å²) < 4.78 is 45.1. The van der Waals surface area contributed by atoms with Crippen molar-refractivity contribution in [2.75, 3.05) is 0 Å². The zero-order chi connectivity index (χ0) is 22.1. The summed E-state index contributed by atoms with van der Waals surface area (Å²) in [7, 11) is 0. The summed E-state index contributed by atoms with van der Waals surface area (Å²) in [6, 6.07) is 10.4. The van der Waals surface area contributed by atoms with E-state index in [0.29, 0.717) is 0 Å². The number of benzene rings is 2.